The molecule has 0 saturated carbocycles. The minimum absolute atomic E-state index is 0.267. The number of benzene rings is 2. The van der Waals surface area contributed by atoms with Gasteiger partial charge in [0.15, 0.2) is 0 Å². The van der Waals surface area contributed by atoms with Gasteiger partial charge in [0, 0.05) is 24.9 Å². The number of urea groups is 1. The molecule has 2 N–H and O–H groups in total. The molecule has 0 radical (unpaired) electrons. The van der Waals surface area contributed by atoms with Crippen LogP contribution in [-0.2, 0) is 4.74 Å². The molecule has 0 aliphatic heterocycles. The Kier molecular flexibility index (Phi) is 6.00. The predicted molar refractivity (Wildman–Crippen MR) is 90.9 cm³/mol. The van der Waals surface area contributed by atoms with Crippen molar-refractivity contribution in [1.29, 1.82) is 0 Å². The van der Waals surface area contributed by atoms with Gasteiger partial charge in [-0.05, 0) is 24.6 Å². The fraction of sp³-hybridized carbons (Fsp3) is 0.278. The Morgan fingerprint density at radius 3 is 2.48 bits per heavy atom. The molecule has 2 aromatic rings. The smallest absolute Gasteiger partial charge is 0.319 e. The minimum atomic E-state index is -0.284. The second-order valence-corrected chi connectivity index (χ2v) is 5.12. The van der Waals surface area contributed by atoms with Crippen molar-refractivity contribution < 1.29 is 14.3 Å². The van der Waals surface area contributed by atoms with Crippen molar-refractivity contribution in [2.24, 2.45) is 0 Å². The lowest BCUT2D eigenvalue weighted by atomic mass is 10.1. The molecule has 0 unspecified atom stereocenters. The number of anilines is 1. The number of para-hydroxylation sites is 2. The van der Waals surface area contributed by atoms with Gasteiger partial charge in [0.25, 0.3) is 0 Å². The standard InChI is InChI=1S/C18H22N2O3/c1-13-8-4-6-10-15(13)20-18(21)19-12-17(23-3)14-9-5-7-11-16(14)22-2/h4-11,17H,12H2,1-3H3,(H2,19,20,21)/t17-/m1/s1. The third-order valence-electron chi connectivity index (χ3n) is 3.61. The maximum atomic E-state index is 12.1. The van der Waals surface area contributed by atoms with Gasteiger partial charge < -0.3 is 20.1 Å². The second-order valence-electron chi connectivity index (χ2n) is 5.12. The molecule has 0 fully saturated rings. The van der Waals surface area contributed by atoms with E-state index >= 15 is 0 Å². The van der Waals surface area contributed by atoms with Crippen LogP contribution in [0.4, 0.5) is 10.5 Å². The van der Waals surface area contributed by atoms with Gasteiger partial charge in [0.05, 0.1) is 7.11 Å². The van der Waals surface area contributed by atoms with Gasteiger partial charge in [-0.15, -0.1) is 0 Å². The summed E-state index contributed by atoms with van der Waals surface area (Å²) < 4.78 is 10.8. The van der Waals surface area contributed by atoms with Crippen molar-refractivity contribution in [3.05, 3.63) is 59.7 Å². The summed E-state index contributed by atoms with van der Waals surface area (Å²) >= 11 is 0. The lowest BCUT2D eigenvalue weighted by Crippen LogP contribution is -2.33. The number of carbonyl (C=O) groups is 1. The van der Waals surface area contributed by atoms with E-state index in [0.717, 1.165) is 22.6 Å². The summed E-state index contributed by atoms with van der Waals surface area (Å²) in [5.74, 6) is 0.737. The molecule has 0 bridgehead atoms. The fourth-order valence-electron chi connectivity index (χ4n) is 2.32. The normalized spacial score (nSPS) is 11.6. The highest BCUT2D eigenvalue weighted by Crippen LogP contribution is 2.26. The number of hydrogen-bond acceptors (Lipinski definition) is 3. The van der Waals surface area contributed by atoms with Crippen LogP contribution in [0.3, 0.4) is 0 Å². The molecule has 2 amide bonds. The van der Waals surface area contributed by atoms with Gasteiger partial charge >= 0.3 is 6.03 Å². The molecule has 0 aromatic heterocycles. The Labute approximate surface area is 136 Å². The van der Waals surface area contributed by atoms with Crippen LogP contribution < -0.4 is 15.4 Å². The first-order chi connectivity index (χ1) is 11.2. The Bertz CT molecular complexity index is 658. The lowest BCUT2D eigenvalue weighted by Gasteiger charge is -2.19. The Morgan fingerprint density at radius 1 is 1.09 bits per heavy atom. The van der Waals surface area contributed by atoms with E-state index in [1.807, 2.05) is 55.5 Å². The van der Waals surface area contributed by atoms with Crippen LogP contribution >= 0.6 is 0 Å². The third-order valence-corrected chi connectivity index (χ3v) is 3.61. The van der Waals surface area contributed by atoms with E-state index in [1.165, 1.54) is 0 Å². The molecule has 5 heteroatoms. The number of methoxy groups -OCH3 is 2. The maximum Gasteiger partial charge on any atom is 0.319 e. The van der Waals surface area contributed by atoms with Gasteiger partial charge in [-0.2, -0.15) is 0 Å². The highest BCUT2D eigenvalue weighted by atomic mass is 16.5. The average Bonchev–Trinajstić information content (AvgIpc) is 2.58. The van der Waals surface area contributed by atoms with Crippen molar-refractivity contribution in [3.8, 4) is 5.75 Å². The van der Waals surface area contributed by atoms with E-state index < -0.39 is 0 Å². The number of aryl methyl sites for hydroxylation is 1. The largest absolute Gasteiger partial charge is 0.496 e. The summed E-state index contributed by atoms with van der Waals surface area (Å²) in [4.78, 5) is 12.1. The molecular formula is C18H22N2O3. The van der Waals surface area contributed by atoms with Crippen LogP contribution in [0.5, 0.6) is 5.75 Å². The Morgan fingerprint density at radius 2 is 1.78 bits per heavy atom. The monoisotopic (exact) mass is 314 g/mol. The number of amides is 2. The Hall–Kier alpha value is -2.53. The first kappa shape index (κ1) is 16.8. The summed E-state index contributed by atoms with van der Waals surface area (Å²) in [6, 6.07) is 15.0. The predicted octanol–water partition coefficient (Wildman–Crippen LogP) is 3.51. The summed E-state index contributed by atoms with van der Waals surface area (Å²) in [6.07, 6.45) is -0.284. The zero-order chi connectivity index (χ0) is 16.7. The van der Waals surface area contributed by atoms with Crippen molar-refractivity contribution in [1.82, 2.24) is 5.32 Å². The van der Waals surface area contributed by atoms with Gasteiger partial charge in [-0.25, -0.2) is 4.79 Å². The first-order valence-electron chi connectivity index (χ1n) is 7.42. The summed E-state index contributed by atoms with van der Waals surface area (Å²) in [7, 11) is 3.22. The molecule has 23 heavy (non-hydrogen) atoms. The quantitative estimate of drug-likeness (QED) is 0.858. The molecule has 122 valence electrons. The van der Waals surface area contributed by atoms with Gasteiger partial charge in [-0.3, -0.25) is 0 Å². The molecule has 0 aliphatic rings. The minimum Gasteiger partial charge on any atom is -0.496 e. The summed E-state index contributed by atoms with van der Waals surface area (Å²) in [5.41, 5.74) is 2.70. The topological polar surface area (TPSA) is 59.6 Å². The zero-order valence-electron chi connectivity index (χ0n) is 13.6. The highest BCUT2D eigenvalue weighted by Gasteiger charge is 2.16. The Balaban J connectivity index is 1.98. The zero-order valence-corrected chi connectivity index (χ0v) is 13.6. The third kappa shape index (κ3) is 4.47. The van der Waals surface area contributed by atoms with E-state index in [1.54, 1.807) is 14.2 Å². The SMILES string of the molecule is COc1ccccc1[C@@H](CNC(=O)Nc1ccccc1C)OC. The molecule has 1 atom stereocenters. The summed E-state index contributed by atoms with van der Waals surface area (Å²) in [6.45, 7) is 2.29. The van der Waals surface area contributed by atoms with E-state index in [4.69, 9.17) is 9.47 Å². The van der Waals surface area contributed by atoms with E-state index in [-0.39, 0.29) is 12.1 Å². The van der Waals surface area contributed by atoms with Crippen molar-refractivity contribution in [2.45, 2.75) is 13.0 Å². The number of nitrogens with one attached hydrogen (secondary N) is 2. The molecule has 2 rings (SSSR count). The van der Waals surface area contributed by atoms with E-state index in [2.05, 4.69) is 10.6 Å². The summed E-state index contributed by atoms with van der Waals surface area (Å²) in [5, 5.41) is 5.66. The van der Waals surface area contributed by atoms with E-state index in [0.29, 0.717) is 6.54 Å². The number of carbonyl (C=O) groups excluding carboxylic acids is 1. The van der Waals surface area contributed by atoms with Gasteiger partial charge in [0.2, 0.25) is 0 Å². The van der Waals surface area contributed by atoms with Crippen LogP contribution in [0.15, 0.2) is 48.5 Å². The van der Waals surface area contributed by atoms with Crippen LogP contribution in [0.2, 0.25) is 0 Å². The molecule has 5 nitrogen and oxygen atoms in total. The van der Waals surface area contributed by atoms with Crippen LogP contribution in [0.25, 0.3) is 0 Å². The molecule has 0 heterocycles. The van der Waals surface area contributed by atoms with Crippen molar-refractivity contribution in [2.75, 3.05) is 26.1 Å². The maximum absolute atomic E-state index is 12.1. The average molecular weight is 314 g/mol. The van der Waals surface area contributed by atoms with Crippen molar-refractivity contribution in [3.63, 3.8) is 0 Å². The number of hydrogen-bond donors (Lipinski definition) is 2. The van der Waals surface area contributed by atoms with Crippen LogP contribution in [0, 0.1) is 6.92 Å². The molecule has 2 aromatic carbocycles. The molecule has 0 spiro atoms. The van der Waals surface area contributed by atoms with Crippen LogP contribution in [-0.4, -0.2) is 26.8 Å². The second kappa shape index (κ2) is 8.19. The van der Waals surface area contributed by atoms with Gasteiger partial charge in [0.1, 0.15) is 11.9 Å². The lowest BCUT2D eigenvalue weighted by molar-refractivity contribution is 0.102. The van der Waals surface area contributed by atoms with Crippen molar-refractivity contribution >= 4 is 11.7 Å². The van der Waals surface area contributed by atoms with E-state index in [9.17, 15) is 4.79 Å². The molecular weight excluding hydrogens is 292 g/mol. The first-order valence-corrected chi connectivity index (χ1v) is 7.42. The highest BCUT2D eigenvalue weighted by molar-refractivity contribution is 5.90. The van der Waals surface area contributed by atoms with Crippen LogP contribution in [0.1, 0.15) is 17.2 Å². The fourth-order valence-corrected chi connectivity index (χ4v) is 2.32. The number of rotatable bonds is 6. The molecule has 0 aliphatic carbocycles. The number of ether oxygens (including phenoxy) is 2. The molecule has 0 saturated heterocycles. The van der Waals surface area contributed by atoms with Gasteiger partial charge in [-0.1, -0.05) is 36.4 Å².